The predicted octanol–water partition coefficient (Wildman–Crippen LogP) is 1.20. The third-order valence-electron chi connectivity index (χ3n) is 2.32. The fourth-order valence-corrected chi connectivity index (χ4v) is 1.39. The highest BCUT2D eigenvalue weighted by Gasteiger charge is 2.30. The average Bonchev–Trinajstić information content (AvgIpc) is 2.86. The summed E-state index contributed by atoms with van der Waals surface area (Å²) < 4.78 is 0. The van der Waals surface area contributed by atoms with Gasteiger partial charge in [0.1, 0.15) is 5.75 Å². The highest BCUT2D eigenvalue weighted by atomic mass is 16.3. The Kier molecular flexibility index (Phi) is 1.73. The first-order chi connectivity index (χ1) is 5.79. The summed E-state index contributed by atoms with van der Waals surface area (Å²) >= 11 is 0. The molecule has 1 fully saturated rings. The van der Waals surface area contributed by atoms with Gasteiger partial charge in [0.2, 0.25) is 0 Å². The molecule has 0 amide bonds. The molecule has 3 heteroatoms. The fourth-order valence-electron chi connectivity index (χ4n) is 1.39. The van der Waals surface area contributed by atoms with Gasteiger partial charge in [-0.05, 0) is 24.8 Å². The molecule has 0 bridgehead atoms. The second kappa shape index (κ2) is 2.75. The van der Waals surface area contributed by atoms with E-state index in [1.807, 2.05) is 0 Å². The molecule has 64 valence electrons. The van der Waals surface area contributed by atoms with Gasteiger partial charge in [-0.25, -0.2) is 0 Å². The largest absolute Gasteiger partial charge is 0.506 e. The summed E-state index contributed by atoms with van der Waals surface area (Å²) in [5.41, 5.74) is 6.74. The summed E-state index contributed by atoms with van der Waals surface area (Å²) in [6, 6.07) is 1.78. The van der Waals surface area contributed by atoms with E-state index >= 15 is 0 Å². The van der Waals surface area contributed by atoms with Gasteiger partial charge in [-0.2, -0.15) is 0 Å². The van der Waals surface area contributed by atoms with Crippen LogP contribution >= 0.6 is 0 Å². The Morgan fingerprint density at radius 1 is 1.58 bits per heavy atom. The lowest BCUT2D eigenvalue weighted by Gasteiger charge is -2.11. The molecule has 12 heavy (non-hydrogen) atoms. The lowest BCUT2D eigenvalue weighted by molar-refractivity contribution is 0.453. The molecule has 0 aliphatic heterocycles. The summed E-state index contributed by atoms with van der Waals surface area (Å²) in [5.74, 6) is 0.787. The van der Waals surface area contributed by atoms with Gasteiger partial charge in [-0.3, -0.25) is 4.98 Å². The van der Waals surface area contributed by atoms with Gasteiger partial charge in [-0.15, -0.1) is 0 Å². The predicted molar refractivity (Wildman–Crippen MR) is 45.6 cm³/mol. The molecule has 1 saturated carbocycles. The number of pyridine rings is 1. The number of rotatable bonds is 2. The Morgan fingerprint density at radius 2 is 2.33 bits per heavy atom. The molecule has 0 aromatic carbocycles. The fraction of sp³-hybridized carbons (Fsp3) is 0.444. The van der Waals surface area contributed by atoms with E-state index in [0.717, 1.165) is 5.56 Å². The molecule has 2 rings (SSSR count). The van der Waals surface area contributed by atoms with Gasteiger partial charge in [0.25, 0.3) is 0 Å². The van der Waals surface area contributed by atoms with Crippen molar-refractivity contribution >= 4 is 0 Å². The zero-order valence-corrected chi connectivity index (χ0v) is 6.77. The first kappa shape index (κ1) is 7.55. The Bertz CT molecular complexity index is 284. The zero-order chi connectivity index (χ0) is 8.55. The van der Waals surface area contributed by atoms with Gasteiger partial charge in [0.15, 0.2) is 0 Å². The van der Waals surface area contributed by atoms with Crippen molar-refractivity contribution in [3.8, 4) is 5.75 Å². The molecule has 1 aliphatic rings. The van der Waals surface area contributed by atoms with E-state index in [4.69, 9.17) is 5.73 Å². The molecule has 1 atom stereocenters. The van der Waals surface area contributed by atoms with Gasteiger partial charge < -0.3 is 10.8 Å². The Balaban J connectivity index is 2.25. The van der Waals surface area contributed by atoms with Crippen LogP contribution in [-0.4, -0.2) is 10.1 Å². The maximum atomic E-state index is 9.42. The van der Waals surface area contributed by atoms with E-state index in [1.165, 1.54) is 19.0 Å². The smallest absolute Gasteiger partial charge is 0.138 e. The summed E-state index contributed by atoms with van der Waals surface area (Å²) in [6.07, 6.45) is 5.47. The normalized spacial score (nSPS) is 19.1. The minimum absolute atomic E-state index is 0.00648. The number of nitrogens with two attached hydrogens (primary N) is 1. The molecule has 0 radical (unpaired) electrons. The van der Waals surface area contributed by atoms with Crippen LogP contribution in [0, 0.1) is 5.92 Å². The SMILES string of the molecule is NC(c1ccncc1O)C1CC1. The van der Waals surface area contributed by atoms with Crippen molar-refractivity contribution in [1.29, 1.82) is 0 Å². The van der Waals surface area contributed by atoms with Crippen molar-refractivity contribution in [1.82, 2.24) is 4.98 Å². The highest BCUT2D eigenvalue weighted by molar-refractivity contribution is 5.32. The standard InChI is InChI=1S/C9H12N2O/c10-9(6-1-2-6)7-3-4-11-5-8(7)12/h3-6,9,12H,1-2,10H2. The molecule has 3 N–H and O–H groups in total. The molecule has 1 aromatic rings. The first-order valence-electron chi connectivity index (χ1n) is 4.17. The Labute approximate surface area is 71.2 Å². The van der Waals surface area contributed by atoms with Crippen molar-refractivity contribution in [2.75, 3.05) is 0 Å². The van der Waals surface area contributed by atoms with Crippen molar-refractivity contribution in [3.63, 3.8) is 0 Å². The van der Waals surface area contributed by atoms with Crippen LogP contribution in [0.15, 0.2) is 18.5 Å². The highest BCUT2D eigenvalue weighted by Crippen LogP contribution is 2.41. The van der Waals surface area contributed by atoms with Gasteiger partial charge in [0.05, 0.1) is 6.20 Å². The van der Waals surface area contributed by atoms with Gasteiger partial charge in [-0.1, -0.05) is 0 Å². The van der Waals surface area contributed by atoms with Crippen LogP contribution in [0.4, 0.5) is 0 Å². The molecule has 0 saturated heterocycles. The number of hydrogen-bond acceptors (Lipinski definition) is 3. The summed E-state index contributed by atoms with van der Waals surface area (Å²) in [7, 11) is 0. The van der Waals surface area contributed by atoms with Crippen molar-refractivity contribution in [3.05, 3.63) is 24.0 Å². The number of aromatic nitrogens is 1. The molecule has 3 nitrogen and oxygen atoms in total. The molecular formula is C9H12N2O. The Hall–Kier alpha value is -1.09. The average molecular weight is 164 g/mol. The van der Waals surface area contributed by atoms with Crippen molar-refractivity contribution < 1.29 is 5.11 Å². The summed E-state index contributed by atoms with van der Waals surface area (Å²) in [5, 5.41) is 9.42. The number of hydrogen-bond donors (Lipinski definition) is 2. The lowest BCUT2D eigenvalue weighted by atomic mass is 10.0. The van der Waals surface area contributed by atoms with E-state index < -0.39 is 0 Å². The van der Waals surface area contributed by atoms with E-state index in [-0.39, 0.29) is 11.8 Å². The maximum absolute atomic E-state index is 9.42. The molecule has 0 spiro atoms. The molecule has 1 heterocycles. The van der Waals surface area contributed by atoms with Crippen LogP contribution in [0.25, 0.3) is 0 Å². The Morgan fingerprint density at radius 3 is 2.92 bits per heavy atom. The van der Waals surface area contributed by atoms with E-state index in [0.29, 0.717) is 5.92 Å². The van der Waals surface area contributed by atoms with Crippen LogP contribution in [-0.2, 0) is 0 Å². The first-order valence-corrected chi connectivity index (χ1v) is 4.17. The quantitative estimate of drug-likeness (QED) is 0.690. The number of nitrogens with zero attached hydrogens (tertiary/aromatic N) is 1. The van der Waals surface area contributed by atoms with E-state index in [1.54, 1.807) is 12.3 Å². The van der Waals surface area contributed by atoms with Crippen LogP contribution in [0.1, 0.15) is 24.4 Å². The van der Waals surface area contributed by atoms with Crippen molar-refractivity contribution in [2.45, 2.75) is 18.9 Å². The summed E-state index contributed by atoms with van der Waals surface area (Å²) in [4.78, 5) is 3.80. The third-order valence-corrected chi connectivity index (χ3v) is 2.32. The van der Waals surface area contributed by atoms with Crippen LogP contribution in [0.3, 0.4) is 0 Å². The van der Waals surface area contributed by atoms with Crippen LogP contribution in [0.2, 0.25) is 0 Å². The monoisotopic (exact) mass is 164 g/mol. The second-order valence-corrected chi connectivity index (χ2v) is 3.30. The maximum Gasteiger partial charge on any atom is 0.138 e. The lowest BCUT2D eigenvalue weighted by Crippen LogP contribution is -2.12. The summed E-state index contributed by atoms with van der Waals surface area (Å²) in [6.45, 7) is 0. The minimum Gasteiger partial charge on any atom is -0.506 e. The third kappa shape index (κ3) is 1.28. The zero-order valence-electron chi connectivity index (χ0n) is 6.77. The van der Waals surface area contributed by atoms with Crippen LogP contribution < -0.4 is 5.73 Å². The van der Waals surface area contributed by atoms with Crippen molar-refractivity contribution in [2.24, 2.45) is 11.7 Å². The molecule has 1 aliphatic carbocycles. The molecular weight excluding hydrogens is 152 g/mol. The topological polar surface area (TPSA) is 59.1 Å². The van der Waals surface area contributed by atoms with E-state index in [9.17, 15) is 5.11 Å². The van der Waals surface area contributed by atoms with Gasteiger partial charge >= 0.3 is 0 Å². The molecule has 1 unspecified atom stereocenters. The van der Waals surface area contributed by atoms with Gasteiger partial charge in [0, 0.05) is 17.8 Å². The molecule has 1 aromatic heterocycles. The van der Waals surface area contributed by atoms with Crippen LogP contribution in [0.5, 0.6) is 5.75 Å². The second-order valence-electron chi connectivity index (χ2n) is 3.30. The minimum atomic E-state index is -0.00648. The van der Waals surface area contributed by atoms with E-state index in [2.05, 4.69) is 4.98 Å². The number of aromatic hydroxyl groups is 1.